The number of hydrogen-bond acceptors (Lipinski definition) is 5. The van der Waals surface area contributed by atoms with Crippen LogP contribution in [0.4, 0.5) is 5.69 Å². The van der Waals surface area contributed by atoms with Gasteiger partial charge in [-0.1, -0.05) is 66.7 Å². The van der Waals surface area contributed by atoms with Crippen molar-refractivity contribution >= 4 is 60.5 Å². The average Bonchev–Trinajstić information content (AvgIpc) is 3.90. The Morgan fingerprint density at radius 3 is 1.84 bits per heavy atom. The number of oxazole rings is 2. The summed E-state index contributed by atoms with van der Waals surface area (Å²) in [5, 5.41) is 13.9. The lowest BCUT2D eigenvalue weighted by molar-refractivity contribution is 0.619. The second-order valence-corrected chi connectivity index (χ2v) is 12.5. The summed E-state index contributed by atoms with van der Waals surface area (Å²) in [5.74, 6) is 0.970. The van der Waals surface area contributed by atoms with E-state index in [0.717, 1.165) is 49.7 Å². The summed E-state index contributed by atoms with van der Waals surface area (Å²) in [7, 11) is 0. The van der Waals surface area contributed by atoms with Gasteiger partial charge in [-0.3, -0.25) is 0 Å². The van der Waals surface area contributed by atoms with Gasteiger partial charge in [-0.25, -0.2) is 14.8 Å². The Labute approximate surface area is 290 Å². The van der Waals surface area contributed by atoms with Crippen LogP contribution in [-0.4, -0.2) is 14.5 Å². The summed E-state index contributed by atoms with van der Waals surface area (Å²) in [6, 6.07) is 48.8. The standard InChI is InChI=1S/C44H23N5O2/c1-46-33-13-19-38-42(24-33)51-44(48-38)32-12-17-36-35-16-11-31(43-47-37-18-6-26(25-45)20-41(37)50-43)22-39(35)49(40(36)23-32)34-14-9-28(10-15-34)30-8-7-27-4-2-3-5-29(27)21-30/h2-24H. The van der Waals surface area contributed by atoms with Crippen molar-refractivity contribution in [2.75, 3.05) is 0 Å². The molecule has 0 saturated carbocycles. The lowest BCUT2D eigenvalue weighted by atomic mass is 10.0. The maximum Gasteiger partial charge on any atom is 0.227 e. The smallest absolute Gasteiger partial charge is 0.227 e. The zero-order chi connectivity index (χ0) is 34.1. The van der Waals surface area contributed by atoms with Crippen molar-refractivity contribution in [1.29, 1.82) is 5.26 Å². The van der Waals surface area contributed by atoms with Crippen molar-refractivity contribution < 1.29 is 8.83 Å². The highest BCUT2D eigenvalue weighted by Crippen LogP contribution is 2.38. The van der Waals surface area contributed by atoms with Gasteiger partial charge in [-0.2, -0.15) is 5.26 Å². The molecule has 3 heterocycles. The lowest BCUT2D eigenvalue weighted by Crippen LogP contribution is -1.94. The number of rotatable bonds is 4. The van der Waals surface area contributed by atoms with Gasteiger partial charge in [0, 0.05) is 33.7 Å². The third-order valence-electron chi connectivity index (χ3n) is 9.49. The molecule has 0 saturated heterocycles. The van der Waals surface area contributed by atoms with Gasteiger partial charge in [0.2, 0.25) is 11.8 Å². The topological polar surface area (TPSA) is 85.1 Å². The van der Waals surface area contributed by atoms with Gasteiger partial charge in [0.15, 0.2) is 11.3 Å². The second-order valence-electron chi connectivity index (χ2n) is 12.5. The molecule has 10 aromatic rings. The fourth-order valence-electron chi connectivity index (χ4n) is 6.96. The molecule has 7 nitrogen and oxygen atoms in total. The van der Waals surface area contributed by atoms with Crippen LogP contribution in [0.2, 0.25) is 0 Å². The van der Waals surface area contributed by atoms with Crippen molar-refractivity contribution in [3.05, 3.63) is 157 Å². The van der Waals surface area contributed by atoms with E-state index in [1.165, 1.54) is 10.8 Å². The molecule has 0 aliphatic carbocycles. The minimum absolute atomic E-state index is 0.483. The molecule has 0 aliphatic rings. The number of benzene rings is 7. The molecule has 0 fully saturated rings. The zero-order valence-electron chi connectivity index (χ0n) is 26.8. The van der Waals surface area contributed by atoms with Crippen LogP contribution in [0.25, 0.3) is 99.3 Å². The van der Waals surface area contributed by atoms with E-state index in [1.807, 2.05) is 24.3 Å². The summed E-state index contributed by atoms with van der Waals surface area (Å²) < 4.78 is 14.6. The first-order valence-electron chi connectivity index (χ1n) is 16.4. The normalized spacial score (nSPS) is 11.5. The van der Waals surface area contributed by atoms with Crippen LogP contribution < -0.4 is 0 Å². The van der Waals surface area contributed by atoms with E-state index in [9.17, 15) is 5.26 Å². The largest absolute Gasteiger partial charge is 0.437 e. The lowest BCUT2D eigenvalue weighted by Gasteiger charge is -2.11. The molecule has 0 N–H and O–H groups in total. The Morgan fingerprint density at radius 2 is 1.18 bits per heavy atom. The van der Waals surface area contributed by atoms with Gasteiger partial charge in [0.25, 0.3) is 0 Å². The van der Waals surface area contributed by atoms with Crippen LogP contribution >= 0.6 is 0 Å². The number of fused-ring (bicyclic) bond motifs is 6. The van der Waals surface area contributed by atoms with Crippen molar-refractivity contribution in [2.45, 2.75) is 0 Å². The average molecular weight is 654 g/mol. The number of hydrogen-bond donors (Lipinski definition) is 0. The van der Waals surface area contributed by atoms with Crippen molar-refractivity contribution in [3.8, 4) is 45.8 Å². The van der Waals surface area contributed by atoms with E-state index < -0.39 is 0 Å². The first-order chi connectivity index (χ1) is 25.1. The molecule has 0 aliphatic heterocycles. The molecular formula is C44H23N5O2. The second kappa shape index (κ2) is 11.0. The molecule has 0 atom stereocenters. The van der Waals surface area contributed by atoms with Gasteiger partial charge in [0.1, 0.15) is 16.6 Å². The van der Waals surface area contributed by atoms with Crippen molar-refractivity contribution in [1.82, 2.24) is 14.5 Å². The summed E-state index contributed by atoms with van der Waals surface area (Å²) in [5.41, 5.74) is 10.5. The van der Waals surface area contributed by atoms with Gasteiger partial charge < -0.3 is 13.4 Å². The molecule has 3 aromatic heterocycles. The number of aromatic nitrogens is 3. The molecule has 0 unspecified atom stereocenters. The Kier molecular flexibility index (Phi) is 6.17. The Morgan fingerprint density at radius 1 is 0.569 bits per heavy atom. The summed E-state index contributed by atoms with van der Waals surface area (Å²) in [6.45, 7) is 7.39. The maximum absolute atomic E-state index is 9.39. The molecule has 7 heteroatoms. The first-order valence-corrected chi connectivity index (χ1v) is 16.4. The predicted octanol–water partition coefficient (Wildman–Crippen LogP) is 11.6. The molecular weight excluding hydrogens is 631 g/mol. The van der Waals surface area contributed by atoms with E-state index >= 15 is 0 Å². The molecule has 7 aromatic carbocycles. The van der Waals surface area contributed by atoms with Crippen LogP contribution in [0.5, 0.6) is 0 Å². The minimum atomic E-state index is 0.483. The Hall–Kier alpha value is -7.48. The van der Waals surface area contributed by atoms with Crippen LogP contribution in [0.3, 0.4) is 0 Å². The first kappa shape index (κ1) is 28.5. The van der Waals surface area contributed by atoms with Gasteiger partial charge in [-0.05, 0) is 88.6 Å². The quantitative estimate of drug-likeness (QED) is 0.176. The van der Waals surface area contributed by atoms with Crippen LogP contribution in [0, 0.1) is 17.9 Å². The van der Waals surface area contributed by atoms with E-state index in [2.05, 4.69) is 106 Å². The van der Waals surface area contributed by atoms with E-state index in [1.54, 1.807) is 24.3 Å². The van der Waals surface area contributed by atoms with Crippen LogP contribution in [-0.2, 0) is 0 Å². The molecule has 236 valence electrons. The predicted molar refractivity (Wildman–Crippen MR) is 201 cm³/mol. The van der Waals surface area contributed by atoms with Crippen LogP contribution in [0.1, 0.15) is 5.56 Å². The SMILES string of the molecule is [C-]#[N+]c1ccc2nc(-c3ccc4c5ccc(-c6nc7ccc(C#N)cc7o6)cc5n(-c5ccc(-c6ccc7ccccc7c6)cc5)c4c3)oc2c1. The Bertz CT molecular complexity index is 2960. The van der Waals surface area contributed by atoms with Crippen molar-refractivity contribution in [2.24, 2.45) is 0 Å². The molecule has 0 bridgehead atoms. The fraction of sp³-hybridized carbons (Fsp3) is 0. The molecule has 10 rings (SSSR count). The van der Waals surface area contributed by atoms with Crippen molar-refractivity contribution in [3.63, 3.8) is 0 Å². The molecule has 0 amide bonds. The summed E-state index contributed by atoms with van der Waals surface area (Å²) in [6.07, 6.45) is 0. The number of nitriles is 1. The molecule has 51 heavy (non-hydrogen) atoms. The maximum atomic E-state index is 9.39. The van der Waals surface area contributed by atoms with Gasteiger partial charge in [0.05, 0.1) is 29.2 Å². The monoisotopic (exact) mass is 653 g/mol. The van der Waals surface area contributed by atoms with Gasteiger partial charge in [-0.15, -0.1) is 0 Å². The summed E-state index contributed by atoms with van der Waals surface area (Å²) in [4.78, 5) is 13.0. The highest BCUT2D eigenvalue weighted by atomic mass is 16.4. The molecule has 0 spiro atoms. The Balaban J connectivity index is 1.16. The van der Waals surface area contributed by atoms with E-state index in [0.29, 0.717) is 45.2 Å². The highest BCUT2D eigenvalue weighted by molar-refractivity contribution is 6.11. The minimum Gasteiger partial charge on any atom is -0.437 e. The highest BCUT2D eigenvalue weighted by Gasteiger charge is 2.18. The van der Waals surface area contributed by atoms with Crippen LogP contribution in [0.15, 0.2) is 148 Å². The van der Waals surface area contributed by atoms with E-state index in [-0.39, 0.29) is 0 Å². The van der Waals surface area contributed by atoms with E-state index in [4.69, 9.17) is 25.4 Å². The summed E-state index contributed by atoms with van der Waals surface area (Å²) >= 11 is 0. The third kappa shape index (κ3) is 4.65. The third-order valence-corrected chi connectivity index (χ3v) is 9.49. The fourth-order valence-corrected chi connectivity index (χ4v) is 6.96. The number of nitrogens with zero attached hydrogens (tertiary/aromatic N) is 5. The molecule has 0 radical (unpaired) electrons. The van der Waals surface area contributed by atoms with Gasteiger partial charge >= 0.3 is 0 Å². The zero-order valence-corrected chi connectivity index (χ0v) is 26.8.